The van der Waals surface area contributed by atoms with Crippen LogP contribution in [0.1, 0.15) is 22.4 Å². The van der Waals surface area contributed by atoms with E-state index in [1.807, 2.05) is 38.1 Å². The quantitative estimate of drug-likeness (QED) is 0.527. The molecule has 2 aromatic carbocycles. The Bertz CT molecular complexity index is 1220. The van der Waals surface area contributed by atoms with Crippen molar-refractivity contribution in [3.8, 4) is 0 Å². The van der Waals surface area contributed by atoms with E-state index in [0.29, 0.717) is 21.3 Å². The third-order valence-corrected chi connectivity index (χ3v) is 5.83. The summed E-state index contributed by atoms with van der Waals surface area (Å²) < 4.78 is 0. The van der Waals surface area contributed by atoms with Crippen molar-refractivity contribution in [2.75, 3.05) is 5.32 Å². The maximum atomic E-state index is 13.4. The van der Waals surface area contributed by atoms with Gasteiger partial charge in [0.1, 0.15) is 5.70 Å². The molecule has 0 radical (unpaired) electrons. The van der Waals surface area contributed by atoms with Crippen LogP contribution in [0.25, 0.3) is 5.57 Å². The molecule has 5 nitrogen and oxygen atoms in total. The van der Waals surface area contributed by atoms with Crippen molar-refractivity contribution < 1.29 is 9.59 Å². The van der Waals surface area contributed by atoms with Gasteiger partial charge < -0.3 is 5.32 Å². The van der Waals surface area contributed by atoms with Gasteiger partial charge in [0.2, 0.25) is 0 Å². The number of amides is 2. The molecule has 156 valence electrons. The number of carbonyl (C=O) groups excluding carboxylic acids is 2. The predicted octanol–water partition coefficient (Wildman–Crippen LogP) is 5.40. The number of pyridine rings is 1. The maximum absolute atomic E-state index is 13.4. The Kier molecular flexibility index (Phi) is 5.81. The van der Waals surface area contributed by atoms with Gasteiger partial charge in [0.05, 0.1) is 22.8 Å². The van der Waals surface area contributed by atoms with Gasteiger partial charge in [-0.15, -0.1) is 0 Å². The van der Waals surface area contributed by atoms with Crippen LogP contribution in [0.3, 0.4) is 0 Å². The van der Waals surface area contributed by atoms with Crippen LogP contribution in [0.15, 0.2) is 66.5 Å². The molecule has 0 aliphatic carbocycles. The number of halogens is 2. The zero-order chi connectivity index (χ0) is 22.1. The Morgan fingerprint density at radius 2 is 1.77 bits per heavy atom. The molecule has 1 aromatic heterocycles. The number of aryl methyl sites for hydroxylation is 1. The minimum absolute atomic E-state index is 0.0607. The summed E-state index contributed by atoms with van der Waals surface area (Å²) in [4.78, 5) is 32.2. The lowest BCUT2D eigenvalue weighted by Crippen LogP contribution is -2.32. The molecule has 0 saturated carbocycles. The summed E-state index contributed by atoms with van der Waals surface area (Å²) in [6.45, 7) is 4.01. The van der Waals surface area contributed by atoms with Crippen LogP contribution in [-0.4, -0.2) is 21.7 Å². The molecule has 31 heavy (non-hydrogen) atoms. The fourth-order valence-electron chi connectivity index (χ4n) is 3.45. The SMILES string of the molecule is Cc1cccc(NC2=C(c3ccc(Cl)cc3Cl)C(=O)N(Cc3ccccn3)C2=O)c1C. The monoisotopic (exact) mass is 451 g/mol. The minimum atomic E-state index is -0.437. The predicted molar refractivity (Wildman–Crippen MR) is 123 cm³/mol. The number of anilines is 1. The second-order valence-corrected chi connectivity index (χ2v) is 8.11. The zero-order valence-corrected chi connectivity index (χ0v) is 18.5. The van der Waals surface area contributed by atoms with E-state index >= 15 is 0 Å². The van der Waals surface area contributed by atoms with Crippen LogP contribution in [-0.2, 0) is 16.1 Å². The van der Waals surface area contributed by atoms with E-state index in [0.717, 1.165) is 16.8 Å². The number of benzene rings is 2. The molecule has 2 heterocycles. The number of nitrogens with one attached hydrogen (secondary N) is 1. The standard InChI is InChI=1S/C24H19Cl2N3O2/c1-14-6-5-8-20(15(14)2)28-22-21(18-10-9-16(25)12-19(18)26)23(30)29(24(22)31)13-17-7-3-4-11-27-17/h3-12,28H,13H2,1-2H3. The first-order chi connectivity index (χ1) is 14.9. The van der Waals surface area contributed by atoms with E-state index in [1.54, 1.807) is 36.5 Å². The third kappa shape index (κ3) is 4.07. The highest BCUT2D eigenvalue weighted by molar-refractivity contribution is 6.41. The Hall–Kier alpha value is -3.15. The van der Waals surface area contributed by atoms with Crippen LogP contribution >= 0.6 is 23.2 Å². The van der Waals surface area contributed by atoms with Crippen LogP contribution in [0.4, 0.5) is 5.69 Å². The number of imide groups is 1. The number of carbonyl (C=O) groups is 2. The zero-order valence-electron chi connectivity index (χ0n) is 16.9. The number of hydrogen-bond acceptors (Lipinski definition) is 4. The Morgan fingerprint density at radius 3 is 2.48 bits per heavy atom. The van der Waals surface area contributed by atoms with Crippen molar-refractivity contribution in [3.63, 3.8) is 0 Å². The van der Waals surface area contributed by atoms with Crippen molar-refractivity contribution in [3.05, 3.63) is 98.9 Å². The van der Waals surface area contributed by atoms with E-state index in [2.05, 4.69) is 10.3 Å². The first-order valence-electron chi connectivity index (χ1n) is 9.66. The molecule has 2 amide bonds. The molecule has 1 N–H and O–H groups in total. The minimum Gasteiger partial charge on any atom is -0.350 e. The summed E-state index contributed by atoms with van der Waals surface area (Å²) in [5.74, 6) is -0.870. The molecule has 3 aromatic rings. The highest BCUT2D eigenvalue weighted by atomic mass is 35.5. The molecule has 0 unspecified atom stereocenters. The molecule has 0 atom stereocenters. The second-order valence-electron chi connectivity index (χ2n) is 7.26. The largest absolute Gasteiger partial charge is 0.350 e. The lowest BCUT2D eigenvalue weighted by Gasteiger charge is -2.15. The molecule has 1 aliphatic rings. The van der Waals surface area contributed by atoms with E-state index < -0.39 is 11.8 Å². The second kappa shape index (κ2) is 8.53. The number of rotatable bonds is 5. The summed E-state index contributed by atoms with van der Waals surface area (Å²) in [5, 5.41) is 3.93. The van der Waals surface area contributed by atoms with Crippen LogP contribution in [0.2, 0.25) is 10.0 Å². The fourth-order valence-corrected chi connectivity index (χ4v) is 3.96. The fraction of sp³-hybridized carbons (Fsp3) is 0.125. The molecule has 1 aliphatic heterocycles. The van der Waals surface area contributed by atoms with E-state index in [-0.39, 0.29) is 17.8 Å². The number of aromatic nitrogens is 1. The van der Waals surface area contributed by atoms with Crippen molar-refractivity contribution in [2.45, 2.75) is 20.4 Å². The first kappa shape index (κ1) is 21.1. The average Bonchev–Trinajstić information content (AvgIpc) is 2.97. The summed E-state index contributed by atoms with van der Waals surface area (Å²) in [5.41, 5.74) is 4.25. The smallest absolute Gasteiger partial charge is 0.278 e. The van der Waals surface area contributed by atoms with E-state index in [9.17, 15) is 9.59 Å². The van der Waals surface area contributed by atoms with Gasteiger partial charge >= 0.3 is 0 Å². The van der Waals surface area contributed by atoms with Gasteiger partial charge in [-0.25, -0.2) is 0 Å². The summed E-state index contributed by atoms with van der Waals surface area (Å²) in [7, 11) is 0. The van der Waals surface area contributed by atoms with Gasteiger partial charge in [0, 0.05) is 22.5 Å². The Labute approximate surface area is 190 Å². The van der Waals surface area contributed by atoms with Crippen LogP contribution in [0, 0.1) is 13.8 Å². The Balaban J connectivity index is 1.81. The van der Waals surface area contributed by atoms with Gasteiger partial charge in [0.15, 0.2) is 0 Å². The normalized spacial score (nSPS) is 13.9. The van der Waals surface area contributed by atoms with Gasteiger partial charge in [-0.3, -0.25) is 19.5 Å². The van der Waals surface area contributed by atoms with E-state index in [1.165, 1.54) is 4.90 Å². The molecule has 0 bridgehead atoms. The van der Waals surface area contributed by atoms with Gasteiger partial charge in [-0.2, -0.15) is 0 Å². The molecular formula is C24H19Cl2N3O2. The maximum Gasteiger partial charge on any atom is 0.278 e. The first-order valence-corrected chi connectivity index (χ1v) is 10.4. The molecule has 4 rings (SSSR count). The molecule has 0 saturated heterocycles. The summed E-state index contributed by atoms with van der Waals surface area (Å²) >= 11 is 12.5. The van der Waals surface area contributed by atoms with Gasteiger partial charge in [-0.05, 0) is 55.3 Å². The summed E-state index contributed by atoms with van der Waals surface area (Å²) in [6.07, 6.45) is 1.63. The average molecular weight is 452 g/mol. The van der Waals surface area contributed by atoms with Crippen molar-refractivity contribution >= 4 is 46.3 Å². The summed E-state index contributed by atoms with van der Waals surface area (Å²) in [6, 6.07) is 16.0. The lowest BCUT2D eigenvalue weighted by molar-refractivity contribution is -0.137. The molecule has 0 fully saturated rings. The van der Waals surface area contributed by atoms with Crippen LogP contribution < -0.4 is 5.32 Å². The van der Waals surface area contributed by atoms with Crippen molar-refractivity contribution in [1.29, 1.82) is 0 Å². The lowest BCUT2D eigenvalue weighted by atomic mass is 10.0. The highest BCUT2D eigenvalue weighted by Crippen LogP contribution is 2.36. The molecule has 7 heteroatoms. The number of nitrogens with zero attached hydrogens (tertiary/aromatic N) is 2. The van der Waals surface area contributed by atoms with Gasteiger partial charge in [-0.1, -0.05) is 47.5 Å². The molecule has 0 spiro atoms. The van der Waals surface area contributed by atoms with Crippen LogP contribution in [0.5, 0.6) is 0 Å². The van der Waals surface area contributed by atoms with Crippen molar-refractivity contribution in [2.24, 2.45) is 0 Å². The van der Waals surface area contributed by atoms with Crippen molar-refractivity contribution in [1.82, 2.24) is 9.88 Å². The third-order valence-electron chi connectivity index (χ3n) is 5.28. The topological polar surface area (TPSA) is 62.3 Å². The molecular weight excluding hydrogens is 433 g/mol. The Morgan fingerprint density at radius 1 is 0.968 bits per heavy atom. The number of hydrogen-bond donors (Lipinski definition) is 1. The highest BCUT2D eigenvalue weighted by Gasteiger charge is 2.40. The van der Waals surface area contributed by atoms with Gasteiger partial charge in [0.25, 0.3) is 11.8 Å². The van der Waals surface area contributed by atoms with E-state index in [4.69, 9.17) is 23.2 Å².